The molecule has 0 spiro atoms. The van der Waals surface area contributed by atoms with Crippen molar-refractivity contribution >= 4 is 46.2 Å². The number of nitrogens with zero attached hydrogens (tertiary/aromatic N) is 3. The molecule has 2 N–H and O–H groups in total. The van der Waals surface area contributed by atoms with Crippen molar-refractivity contribution in [1.29, 1.82) is 10.5 Å². The fraction of sp³-hybridized carbons (Fsp3) is 0.0870. The van der Waals surface area contributed by atoms with Crippen LogP contribution in [-0.2, 0) is 0 Å². The molecule has 7 heteroatoms. The summed E-state index contributed by atoms with van der Waals surface area (Å²) in [5.41, 5.74) is 10.7. The van der Waals surface area contributed by atoms with Crippen LogP contribution in [0.1, 0.15) is 35.1 Å². The van der Waals surface area contributed by atoms with E-state index in [0.29, 0.717) is 55.1 Å². The Balaban J connectivity index is 1.88. The lowest BCUT2D eigenvalue weighted by Gasteiger charge is -2.10. The lowest BCUT2D eigenvalue weighted by Crippen LogP contribution is -2.03. The van der Waals surface area contributed by atoms with Crippen molar-refractivity contribution in [2.24, 2.45) is 0 Å². The van der Waals surface area contributed by atoms with Gasteiger partial charge in [-0.2, -0.15) is 10.5 Å². The van der Waals surface area contributed by atoms with Gasteiger partial charge in [0, 0.05) is 11.1 Å². The Morgan fingerprint density at radius 3 is 2.57 bits per heavy atom. The zero-order chi connectivity index (χ0) is 21.6. The maximum absolute atomic E-state index is 9.65. The third-order valence-electron chi connectivity index (χ3n) is 5.11. The Kier molecular flexibility index (Phi) is 4.87. The van der Waals surface area contributed by atoms with Gasteiger partial charge in [0.2, 0.25) is 0 Å². The van der Waals surface area contributed by atoms with E-state index in [4.69, 9.17) is 33.4 Å². The highest BCUT2D eigenvalue weighted by atomic mass is 35.5. The van der Waals surface area contributed by atoms with Crippen LogP contribution in [0.15, 0.2) is 40.3 Å². The normalized spacial score (nSPS) is 14.0. The summed E-state index contributed by atoms with van der Waals surface area (Å²) in [5.74, 6) is 1.25. The van der Waals surface area contributed by atoms with Gasteiger partial charge in [0.15, 0.2) is 0 Å². The maximum Gasteiger partial charge on any atom is 0.142 e. The number of pyridine rings is 1. The van der Waals surface area contributed by atoms with Gasteiger partial charge in [-0.1, -0.05) is 29.3 Å². The first-order valence-corrected chi connectivity index (χ1v) is 9.71. The zero-order valence-electron chi connectivity index (χ0n) is 16.0. The predicted octanol–water partition coefficient (Wildman–Crippen LogP) is 6.26. The number of hydrogen-bond acceptors (Lipinski definition) is 5. The third-order valence-corrected chi connectivity index (χ3v) is 5.93. The van der Waals surface area contributed by atoms with Gasteiger partial charge < -0.3 is 10.2 Å². The molecule has 1 aromatic carbocycles. The van der Waals surface area contributed by atoms with Crippen LogP contribution < -0.4 is 5.73 Å². The molecule has 0 radical (unpaired) electrons. The predicted molar refractivity (Wildman–Crippen MR) is 118 cm³/mol. The van der Waals surface area contributed by atoms with Crippen molar-refractivity contribution < 1.29 is 4.42 Å². The largest absolute Gasteiger partial charge is 0.457 e. The molecule has 4 rings (SSSR count). The summed E-state index contributed by atoms with van der Waals surface area (Å²) >= 11 is 12.4. The number of furan rings is 1. The van der Waals surface area contributed by atoms with Crippen LogP contribution in [0.2, 0.25) is 10.0 Å². The van der Waals surface area contributed by atoms with Crippen molar-refractivity contribution in [1.82, 2.24) is 4.98 Å². The summed E-state index contributed by atoms with van der Waals surface area (Å²) in [6, 6.07) is 13.2. The molecule has 3 aromatic rings. The van der Waals surface area contributed by atoms with Crippen molar-refractivity contribution in [2.45, 2.75) is 13.8 Å². The molecule has 30 heavy (non-hydrogen) atoms. The van der Waals surface area contributed by atoms with Crippen molar-refractivity contribution in [3.8, 4) is 23.5 Å². The second-order valence-corrected chi connectivity index (χ2v) is 7.59. The third kappa shape index (κ3) is 2.97. The SMILES string of the molecule is CC1=C(C#N)c2nc(N)c(C#N)c(C)c2C1=Cc1ccc(-c2cccc(Cl)c2Cl)o1. The van der Waals surface area contributed by atoms with Gasteiger partial charge in [-0.15, -0.1) is 0 Å². The monoisotopic (exact) mass is 432 g/mol. The van der Waals surface area contributed by atoms with Crippen LogP contribution in [0.3, 0.4) is 0 Å². The molecule has 0 saturated carbocycles. The fourth-order valence-corrected chi connectivity index (χ4v) is 4.00. The number of nitriles is 2. The average Bonchev–Trinajstić information content (AvgIpc) is 3.27. The van der Waals surface area contributed by atoms with E-state index in [1.165, 1.54) is 0 Å². The highest BCUT2D eigenvalue weighted by molar-refractivity contribution is 6.43. The number of fused-ring (bicyclic) bond motifs is 1. The smallest absolute Gasteiger partial charge is 0.142 e. The van der Waals surface area contributed by atoms with Crippen LogP contribution in [-0.4, -0.2) is 4.98 Å². The van der Waals surface area contributed by atoms with Gasteiger partial charge in [-0.3, -0.25) is 0 Å². The van der Waals surface area contributed by atoms with E-state index in [9.17, 15) is 10.5 Å². The first-order chi connectivity index (χ1) is 14.4. The van der Waals surface area contributed by atoms with Gasteiger partial charge in [0.1, 0.15) is 29.5 Å². The number of benzene rings is 1. The molecule has 2 aromatic heterocycles. The number of nitrogen functional groups attached to an aromatic ring is 1. The van der Waals surface area contributed by atoms with Crippen LogP contribution in [0.4, 0.5) is 5.82 Å². The first kappa shape index (κ1) is 19.8. The minimum Gasteiger partial charge on any atom is -0.457 e. The second-order valence-electron chi connectivity index (χ2n) is 6.81. The number of nitrogens with two attached hydrogens (primary N) is 1. The summed E-state index contributed by atoms with van der Waals surface area (Å²) in [5, 5.41) is 20.0. The summed E-state index contributed by atoms with van der Waals surface area (Å²) in [7, 11) is 0. The zero-order valence-corrected chi connectivity index (χ0v) is 17.6. The van der Waals surface area contributed by atoms with E-state index in [1.54, 1.807) is 25.1 Å². The Morgan fingerprint density at radius 2 is 1.87 bits per heavy atom. The molecule has 1 aliphatic carbocycles. The van der Waals surface area contributed by atoms with Crippen LogP contribution in [0, 0.1) is 29.6 Å². The molecule has 0 unspecified atom stereocenters. The minimum absolute atomic E-state index is 0.117. The van der Waals surface area contributed by atoms with Crippen LogP contribution in [0.5, 0.6) is 0 Å². The summed E-state index contributed by atoms with van der Waals surface area (Å²) in [4.78, 5) is 4.33. The van der Waals surface area contributed by atoms with Crippen molar-refractivity contribution in [3.63, 3.8) is 0 Å². The molecule has 0 atom stereocenters. The minimum atomic E-state index is 0.117. The van der Waals surface area contributed by atoms with Gasteiger partial charge in [-0.05, 0) is 60.9 Å². The number of rotatable bonds is 2. The number of anilines is 1. The molecule has 0 aliphatic heterocycles. The van der Waals surface area contributed by atoms with E-state index in [1.807, 2.05) is 25.1 Å². The Morgan fingerprint density at radius 1 is 1.10 bits per heavy atom. The fourth-order valence-electron chi connectivity index (χ4n) is 3.61. The average molecular weight is 433 g/mol. The summed E-state index contributed by atoms with van der Waals surface area (Å²) in [6.45, 7) is 3.64. The lowest BCUT2D eigenvalue weighted by molar-refractivity contribution is 0.572. The van der Waals surface area contributed by atoms with E-state index < -0.39 is 0 Å². The molecule has 0 fully saturated rings. The quantitative estimate of drug-likeness (QED) is 0.514. The number of halogens is 2. The summed E-state index contributed by atoms with van der Waals surface area (Å²) < 4.78 is 5.98. The van der Waals surface area contributed by atoms with Crippen LogP contribution in [0.25, 0.3) is 28.5 Å². The van der Waals surface area contributed by atoms with Gasteiger partial charge in [-0.25, -0.2) is 4.98 Å². The van der Waals surface area contributed by atoms with Crippen LogP contribution >= 0.6 is 23.2 Å². The maximum atomic E-state index is 9.65. The number of aromatic nitrogens is 1. The first-order valence-electron chi connectivity index (χ1n) is 8.95. The van der Waals surface area contributed by atoms with Crippen molar-refractivity contribution in [3.05, 3.63) is 74.1 Å². The topological polar surface area (TPSA) is 99.6 Å². The standard InChI is InChI=1S/C23H14Cl2N4O/c1-11-15(20-12(2)17(10-27)23(28)29-22(20)16(11)9-26)8-13-6-7-19(30-13)14-4-3-5-18(24)21(14)25/h3-8H,1-2H3,(H2,28,29). The molecule has 5 nitrogen and oxygen atoms in total. The molecule has 1 aliphatic rings. The number of allylic oxidation sites excluding steroid dienone is 3. The van der Waals surface area contributed by atoms with E-state index >= 15 is 0 Å². The highest BCUT2D eigenvalue weighted by Gasteiger charge is 2.30. The molecule has 0 saturated heterocycles. The van der Waals surface area contributed by atoms with Gasteiger partial charge in [0.05, 0.1) is 26.9 Å². The summed E-state index contributed by atoms with van der Waals surface area (Å²) in [6.07, 6.45) is 1.83. The van der Waals surface area contributed by atoms with Gasteiger partial charge >= 0.3 is 0 Å². The highest BCUT2D eigenvalue weighted by Crippen LogP contribution is 2.44. The Hall–Kier alpha value is -3.51. The molecule has 146 valence electrons. The second kappa shape index (κ2) is 7.39. The van der Waals surface area contributed by atoms with Crippen molar-refractivity contribution in [2.75, 3.05) is 5.73 Å². The van der Waals surface area contributed by atoms with E-state index in [0.717, 1.165) is 11.1 Å². The molecule has 2 heterocycles. The molecule has 0 amide bonds. The van der Waals surface area contributed by atoms with Gasteiger partial charge in [0.25, 0.3) is 0 Å². The Bertz CT molecular complexity index is 1370. The molecule has 0 bridgehead atoms. The van der Waals surface area contributed by atoms with E-state index in [2.05, 4.69) is 17.1 Å². The van der Waals surface area contributed by atoms with E-state index in [-0.39, 0.29) is 5.82 Å². The molecular formula is C23H14Cl2N4O. The molecular weight excluding hydrogens is 419 g/mol. The Labute approximate surface area is 183 Å². The lowest BCUT2D eigenvalue weighted by atomic mass is 9.96. The number of hydrogen-bond donors (Lipinski definition) is 1.